The molecule has 31 nitrogen and oxygen atoms in total. The summed E-state index contributed by atoms with van der Waals surface area (Å²) in [6.45, 7) is 4.42. The van der Waals surface area contributed by atoms with E-state index in [1.807, 2.05) is 0 Å². The van der Waals surface area contributed by atoms with E-state index in [1.165, 1.54) is 99.9 Å². The van der Waals surface area contributed by atoms with Gasteiger partial charge >= 0.3 is 23.9 Å². The Morgan fingerprint density at radius 1 is 0.643 bits per heavy atom. The molecule has 0 radical (unpaired) electrons. The van der Waals surface area contributed by atoms with Gasteiger partial charge in [-0.1, -0.05) is 84.4 Å². The number of hydrogen-bond acceptors (Lipinski definition) is 23. The fourth-order valence-electron chi connectivity index (χ4n) is 10.3. The van der Waals surface area contributed by atoms with Crippen LogP contribution in [0.1, 0.15) is 72.1 Å². The largest absolute Gasteiger partial charge is 0.507 e. The molecule has 0 saturated carbocycles. The smallest absolute Gasteiger partial charge is 0.347 e. The van der Waals surface area contributed by atoms with Crippen LogP contribution in [0.4, 0.5) is 22.9 Å². The number of nitrogens with zero attached hydrogens (tertiary/aromatic N) is 4. The second-order valence-electron chi connectivity index (χ2n) is 23.3. The first kappa shape index (κ1) is 83.4. The van der Waals surface area contributed by atoms with Gasteiger partial charge in [-0.05, 0) is 158 Å². The SMILES string of the molecule is CC(=O)Nc1ccc(OC(=O)c2ccccc2OC(C)=O)cc1.CN1C(C(=O)Nc2ccccn2)=C(O)c2ccccc2S1(=O)=O.COc1ccc2c(c1)c(CC(=O)NO)c(C)n2C(=O)c1ccc(Cl)cc1.CS(=O)(=O)Nc1ccc([N+](=O)[O-])cc1Oc1ccccc1.O=C(Oc1ccccc1C(=O)O)c1ccccc1O. The van der Waals surface area contributed by atoms with Crippen molar-refractivity contribution in [3.8, 4) is 40.2 Å². The van der Waals surface area contributed by atoms with Gasteiger partial charge in [-0.15, -0.1) is 0 Å². The van der Waals surface area contributed by atoms with Crippen molar-refractivity contribution >= 4 is 119 Å². The molecule has 0 spiro atoms. The van der Waals surface area contributed by atoms with Gasteiger partial charge in [0, 0.05) is 66.1 Å². The number of benzene rings is 9. The number of hydrogen-bond donors (Lipinski definition) is 8. The van der Waals surface area contributed by atoms with Crippen LogP contribution >= 0.6 is 11.6 Å². The molecule has 576 valence electrons. The Morgan fingerprint density at radius 2 is 1.23 bits per heavy atom. The second-order valence-corrected chi connectivity index (χ2v) is 27.4. The van der Waals surface area contributed by atoms with Crippen LogP contribution in [0.15, 0.2) is 247 Å². The Bertz CT molecular complexity index is 5640. The summed E-state index contributed by atoms with van der Waals surface area (Å²) in [5, 5.41) is 54.9. The second kappa shape index (κ2) is 38.0. The van der Waals surface area contributed by atoms with E-state index in [0.29, 0.717) is 55.7 Å². The number of ether oxygens (including phenoxy) is 5. The van der Waals surface area contributed by atoms with Gasteiger partial charge in [0.15, 0.2) is 17.2 Å². The number of nitro benzene ring substituents is 1. The van der Waals surface area contributed by atoms with Gasteiger partial charge in [-0.3, -0.25) is 52.9 Å². The van der Waals surface area contributed by atoms with E-state index in [0.717, 1.165) is 10.6 Å². The normalized spacial score (nSPS) is 11.5. The third kappa shape index (κ3) is 22.2. The molecule has 0 unspecified atom stereocenters. The molecule has 1 aliphatic rings. The number of phenols is 1. The lowest BCUT2D eigenvalue weighted by molar-refractivity contribution is -0.384. The van der Waals surface area contributed by atoms with Crippen LogP contribution in [0.25, 0.3) is 16.7 Å². The minimum Gasteiger partial charge on any atom is -0.507 e. The van der Waals surface area contributed by atoms with Crippen LogP contribution in [0.5, 0.6) is 40.2 Å². The molecule has 9 aromatic carbocycles. The van der Waals surface area contributed by atoms with Crippen LogP contribution in [0, 0.1) is 17.0 Å². The lowest BCUT2D eigenvalue weighted by atomic mass is 10.1. The number of methoxy groups -OCH3 is 1. The number of rotatable bonds is 18. The van der Waals surface area contributed by atoms with Crippen molar-refractivity contribution in [2.45, 2.75) is 32.1 Å². The zero-order chi connectivity index (χ0) is 81.6. The molecule has 0 fully saturated rings. The number of pyridine rings is 1. The number of aliphatic hydroxyl groups is 1. The van der Waals surface area contributed by atoms with Crippen LogP contribution in [0.2, 0.25) is 5.02 Å². The van der Waals surface area contributed by atoms with Crippen LogP contribution in [0.3, 0.4) is 0 Å². The number of amides is 3. The van der Waals surface area contributed by atoms with Gasteiger partial charge in [-0.2, -0.15) is 0 Å². The number of nitro groups is 1. The summed E-state index contributed by atoms with van der Waals surface area (Å²) in [7, 11) is -4.67. The zero-order valence-electron chi connectivity index (χ0n) is 59.8. The van der Waals surface area contributed by atoms with Crippen molar-refractivity contribution in [3.05, 3.63) is 297 Å². The molecule has 1 aliphatic heterocycles. The molecule has 0 bridgehead atoms. The number of fused-ring (bicyclic) bond motifs is 2. The van der Waals surface area contributed by atoms with Crippen LogP contribution < -0.4 is 44.5 Å². The van der Waals surface area contributed by atoms with Crippen molar-refractivity contribution in [1.29, 1.82) is 0 Å². The van der Waals surface area contributed by atoms with Crippen LogP contribution in [-0.4, -0.2) is 124 Å². The van der Waals surface area contributed by atoms with Gasteiger partial charge in [0.05, 0.1) is 46.9 Å². The van der Waals surface area contributed by atoms with E-state index in [9.17, 15) is 75.5 Å². The monoisotopic (exact) mass is 1580 g/mol. The predicted octanol–water partition coefficient (Wildman–Crippen LogP) is 12.8. The number of carboxylic acid groups (broad SMARTS) is 1. The number of anilines is 3. The first-order valence-corrected chi connectivity index (χ1v) is 36.3. The highest BCUT2D eigenvalue weighted by Gasteiger charge is 2.38. The van der Waals surface area contributed by atoms with Crippen LogP contribution in [-0.2, 0) is 45.6 Å². The van der Waals surface area contributed by atoms with Crippen molar-refractivity contribution < 1.29 is 104 Å². The Hall–Kier alpha value is -14.3. The Labute approximate surface area is 643 Å². The fraction of sp³-hybridized carbons (Fsp3) is 0.0897. The summed E-state index contributed by atoms with van der Waals surface area (Å²) >= 11 is 5.90. The van der Waals surface area contributed by atoms with Crippen molar-refractivity contribution in [2.24, 2.45) is 0 Å². The number of aromatic nitrogens is 2. The number of halogens is 1. The minimum atomic E-state index is -3.91. The number of carboxylic acids is 1. The number of likely N-dealkylation sites (N-methyl/N-ethyl adjacent to an activating group) is 1. The number of aromatic carboxylic acids is 1. The first-order valence-electron chi connectivity index (χ1n) is 32.6. The van der Waals surface area contributed by atoms with Gasteiger partial charge < -0.3 is 49.6 Å². The Balaban J connectivity index is 0.000000176. The number of hydroxylamine groups is 1. The van der Waals surface area contributed by atoms with Crippen molar-refractivity contribution in [1.82, 2.24) is 19.3 Å². The van der Waals surface area contributed by atoms with Crippen molar-refractivity contribution in [2.75, 3.05) is 35.8 Å². The van der Waals surface area contributed by atoms with Gasteiger partial charge in [0.25, 0.3) is 27.5 Å². The summed E-state index contributed by atoms with van der Waals surface area (Å²) in [4.78, 5) is 108. The molecular formula is C78H67ClN8O23S2. The summed E-state index contributed by atoms with van der Waals surface area (Å²) in [6, 6.07) is 59.3. The molecule has 0 aliphatic carbocycles. The maximum absolute atomic E-state index is 13.1. The number of non-ortho nitro benzene ring substituents is 1. The van der Waals surface area contributed by atoms with Gasteiger partial charge in [0.1, 0.15) is 57.0 Å². The molecule has 12 rings (SSSR count). The Morgan fingerprint density at radius 3 is 1.83 bits per heavy atom. The number of phenolic OH excluding ortho intramolecular Hbond substituents is 1. The average Bonchev–Trinajstić information content (AvgIpc) is 1.19. The molecule has 112 heavy (non-hydrogen) atoms. The van der Waals surface area contributed by atoms with Crippen molar-refractivity contribution in [3.63, 3.8) is 0 Å². The number of nitrogens with one attached hydrogen (secondary N) is 4. The highest BCUT2D eigenvalue weighted by Crippen LogP contribution is 2.37. The summed E-state index contributed by atoms with van der Waals surface area (Å²) in [5.74, 6) is -3.80. The third-order valence-electron chi connectivity index (χ3n) is 15.4. The summed E-state index contributed by atoms with van der Waals surface area (Å²) in [6.07, 6.45) is 2.41. The number of aromatic hydroxyl groups is 1. The van der Waals surface area contributed by atoms with Gasteiger partial charge in [0.2, 0.25) is 21.8 Å². The third-order valence-corrected chi connectivity index (χ3v) is 18.0. The topological polar surface area (TPSA) is 444 Å². The maximum atomic E-state index is 13.1. The van der Waals surface area contributed by atoms with E-state index in [1.54, 1.807) is 182 Å². The molecule has 34 heteroatoms. The van der Waals surface area contributed by atoms with E-state index >= 15 is 0 Å². The predicted molar refractivity (Wildman–Crippen MR) is 410 cm³/mol. The maximum Gasteiger partial charge on any atom is 0.347 e. The average molecular weight is 1580 g/mol. The van der Waals surface area contributed by atoms with E-state index in [2.05, 4.69) is 20.3 Å². The zero-order valence-corrected chi connectivity index (χ0v) is 62.1. The number of esters is 3. The first-order chi connectivity index (χ1) is 53.3. The molecule has 0 saturated heterocycles. The van der Waals surface area contributed by atoms with E-state index in [-0.39, 0.29) is 91.3 Å². The quantitative estimate of drug-likeness (QED) is 0.0130. The molecule has 2 aromatic heterocycles. The molecule has 3 amide bonds. The molecule has 3 heterocycles. The van der Waals surface area contributed by atoms with E-state index in [4.69, 9.17) is 45.6 Å². The molecule has 11 aromatic rings. The number of sulfonamides is 2. The molecule has 0 atom stereocenters. The number of aliphatic hydroxyl groups excluding tert-OH is 1. The highest BCUT2D eigenvalue weighted by molar-refractivity contribution is 7.92. The fourth-order valence-corrected chi connectivity index (χ4v) is 12.4. The van der Waals surface area contributed by atoms with Gasteiger partial charge in [-0.25, -0.2) is 41.7 Å². The Kier molecular flexibility index (Phi) is 28.3. The number of para-hydroxylation sites is 4. The minimum absolute atomic E-state index is 0.0253. The van der Waals surface area contributed by atoms with E-state index < -0.39 is 66.4 Å². The summed E-state index contributed by atoms with van der Waals surface area (Å²) in [5.41, 5.74) is 4.31. The number of carbonyl (C=O) groups is 8. The number of carbonyl (C=O) groups excluding carboxylic acids is 7. The molecular weight excluding hydrogens is 1520 g/mol. The highest BCUT2D eigenvalue weighted by atomic mass is 35.5. The lowest BCUT2D eigenvalue weighted by Crippen LogP contribution is -2.37. The standard InChI is InChI=1S/C19H17ClN2O4.C17H15NO5.C15H13N3O4S.C14H10O5.C13H12N2O5S/c1-11-15(10-18(23)21-25)16-9-14(26-2)7-8-17(16)22(11)19(24)12-3-5-13(20)6-4-12;1-11(19)18-13-7-9-14(10-8-13)23-17(21)15-5-3-4-6-16(15)22-12(2)20;1-18-13(15(20)17-12-8-4-5-9-16-12)14(19)10-6-2-3-7-11(10)23(18,21)22;15-11-7-3-1-5-9(11)14(18)19-12-8-4-2-6-10(12)13(16)17;1-21(18,19)14-12-8-7-10(15(16)17)9-13(12)20-11-5-3-2-4-6-11/h3-9,25H,10H2,1-2H3,(H,21,23);3-10H,1-2H3,(H,18,19);2-9,19H,1H3,(H,16,17,20);1-8,15H,(H,16,17);2-9,14H,1H3. The molecule has 8 N–H and O–H groups in total. The summed E-state index contributed by atoms with van der Waals surface area (Å²) < 4.78 is 78.2. The lowest BCUT2D eigenvalue weighted by Gasteiger charge is -2.28.